The smallest absolute Gasteiger partial charge is 0.247 e. The first-order valence-electron chi connectivity index (χ1n) is 5.44. The average molecular weight is 268 g/mol. The Morgan fingerprint density at radius 3 is 3.06 bits per heavy atom. The fourth-order valence-electron chi connectivity index (χ4n) is 2.16. The molecule has 0 radical (unpaired) electrons. The number of thiophene rings is 1. The Hall–Kier alpha value is -1.01. The van der Waals surface area contributed by atoms with Gasteiger partial charge in [-0.2, -0.15) is 0 Å². The van der Waals surface area contributed by atoms with E-state index in [-0.39, 0.29) is 24.4 Å². The van der Waals surface area contributed by atoms with Gasteiger partial charge in [0.2, 0.25) is 11.8 Å². The molecular formula is C11H12N2O2S2. The second-order valence-corrected chi connectivity index (χ2v) is 6.18. The maximum absolute atomic E-state index is 12.2. The van der Waals surface area contributed by atoms with Crippen molar-refractivity contribution in [1.29, 1.82) is 0 Å². The van der Waals surface area contributed by atoms with Gasteiger partial charge in [0.25, 0.3) is 0 Å². The van der Waals surface area contributed by atoms with E-state index in [9.17, 15) is 9.59 Å². The molecule has 4 nitrogen and oxygen atoms in total. The van der Waals surface area contributed by atoms with Gasteiger partial charge in [-0.15, -0.1) is 23.1 Å². The number of nitrogens with zero attached hydrogens (tertiary/aromatic N) is 2. The van der Waals surface area contributed by atoms with Crippen molar-refractivity contribution in [2.75, 3.05) is 18.2 Å². The second-order valence-electron chi connectivity index (χ2n) is 4.15. The van der Waals surface area contributed by atoms with Crippen LogP contribution in [0.15, 0.2) is 17.5 Å². The van der Waals surface area contributed by atoms with Crippen LogP contribution in [0, 0.1) is 0 Å². The third-order valence-electron chi connectivity index (χ3n) is 3.05. The molecule has 2 aliphatic heterocycles. The molecule has 0 N–H and O–H groups in total. The van der Waals surface area contributed by atoms with Gasteiger partial charge in [-0.3, -0.25) is 9.59 Å². The molecule has 2 amide bonds. The zero-order valence-corrected chi connectivity index (χ0v) is 10.8. The third kappa shape index (κ3) is 1.95. The summed E-state index contributed by atoms with van der Waals surface area (Å²) in [5.74, 6) is 1.59. The van der Waals surface area contributed by atoms with Crippen LogP contribution in [0.1, 0.15) is 4.88 Å². The Labute approximate surface area is 108 Å². The highest BCUT2D eigenvalue weighted by atomic mass is 32.2. The number of hydrogen-bond acceptors (Lipinski definition) is 4. The van der Waals surface area contributed by atoms with E-state index in [1.807, 2.05) is 17.5 Å². The van der Waals surface area contributed by atoms with Crippen LogP contribution in [0.2, 0.25) is 0 Å². The minimum absolute atomic E-state index is 0.0798. The Morgan fingerprint density at radius 1 is 1.41 bits per heavy atom. The van der Waals surface area contributed by atoms with E-state index >= 15 is 0 Å². The first-order valence-corrected chi connectivity index (χ1v) is 7.47. The quantitative estimate of drug-likeness (QED) is 0.803. The molecule has 0 saturated carbocycles. The lowest BCUT2D eigenvalue weighted by molar-refractivity contribution is -0.153. The molecule has 0 spiro atoms. The zero-order chi connectivity index (χ0) is 11.8. The molecule has 0 aromatic carbocycles. The van der Waals surface area contributed by atoms with E-state index in [0.717, 1.165) is 10.6 Å². The number of carbonyl (C=O) groups excluding carboxylic acids is 2. The number of thioether (sulfide) groups is 1. The van der Waals surface area contributed by atoms with Crippen LogP contribution in [0.3, 0.4) is 0 Å². The highest BCUT2D eigenvalue weighted by Crippen LogP contribution is 2.27. The molecule has 3 rings (SSSR count). The molecule has 2 saturated heterocycles. The van der Waals surface area contributed by atoms with Crippen molar-refractivity contribution in [3.05, 3.63) is 22.4 Å². The zero-order valence-electron chi connectivity index (χ0n) is 9.17. The second kappa shape index (κ2) is 4.34. The molecule has 2 fully saturated rings. The molecule has 2 aliphatic rings. The highest BCUT2D eigenvalue weighted by molar-refractivity contribution is 7.99. The van der Waals surface area contributed by atoms with E-state index in [1.54, 1.807) is 32.9 Å². The summed E-state index contributed by atoms with van der Waals surface area (Å²) < 4.78 is 0. The lowest BCUT2D eigenvalue weighted by atomic mass is 10.2. The van der Waals surface area contributed by atoms with Crippen molar-refractivity contribution < 1.29 is 9.59 Å². The lowest BCUT2D eigenvalue weighted by Gasteiger charge is -2.35. The van der Waals surface area contributed by atoms with Gasteiger partial charge in [-0.05, 0) is 11.4 Å². The van der Waals surface area contributed by atoms with Crippen molar-refractivity contribution in [2.45, 2.75) is 12.6 Å². The van der Waals surface area contributed by atoms with Gasteiger partial charge in [0.05, 0.1) is 12.4 Å². The Bertz CT molecular complexity index is 446. The standard InChI is InChI=1S/C11H12N2O2S2/c14-10-5-12(4-8-2-1-3-17-8)11(15)9-6-16-7-13(9)10/h1-3,9H,4-7H2. The molecule has 90 valence electrons. The van der Waals surface area contributed by atoms with E-state index in [0.29, 0.717) is 12.4 Å². The molecular weight excluding hydrogens is 256 g/mol. The molecule has 6 heteroatoms. The minimum Gasteiger partial charge on any atom is -0.326 e. The predicted octanol–water partition coefficient (Wildman–Crippen LogP) is 0.992. The van der Waals surface area contributed by atoms with E-state index in [2.05, 4.69) is 0 Å². The van der Waals surface area contributed by atoms with Gasteiger partial charge in [-0.25, -0.2) is 0 Å². The Balaban J connectivity index is 1.77. The number of hydrogen-bond donors (Lipinski definition) is 0. The molecule has 17 heavy (non-hydrogen) atoms. The van der Waals surface area contributed by atoms with Crippen molar-refractivity contribution in [2.24, 2.45) is 0 Å². The number of carbonyl (C=O) groups is 2. The summed E-state index contributed by atoms with van der Waals surface area (Å²) >= 11 is 3.28. The van der Waals surface area contributed by atoms with E-state index < -0.39 is 0 Å². The summed E-state index contributed by atoms with van der Waals surface area (Å²) in [7, 11) is 0. The largest absolute Gasteiger partial charge is 0.326 e. The normalized spacial score (nSPS) is 24.4. The third-order valence-corrected chi connectivity index (χ3v) is 4.93. The van der Waals surface area contributed by atoms with Crippen LogP contribution in [0.5, 0.6) is 0 Å². The summed E-state index contributed by atoms with van der Waals surface area (Å²) in [6.07, 6.45) is 0. The summed E-state index contributed by atoms with van der Waals surface area (Å²) in [5, 5.41) is 1.99. The summed E-state index contributed by atoms with van der Waals surface area (Å²) in [4.78, 5) is 28.6. The fourth-order valence-corrected chi connectivity index (χ4v) is 4.05. The SMILES string of the molecule is O=C1C2CSCN2C(=O)CN1Cc1cccs1. The number of rotatable bonds is 2. The minimum atomic E-state index is -0.221. The van der Waals surface area contributed by atoms with Crippen molar-refractivity contribution in [1.82, 2.24) is 9.80 Å². The Kier molecular flexibility index (Phi) is 2.84. The molecule has 1 atom stereocenters. The number of fused-ring (bicyclic) bond motifs is 1. The Morgan fingerprint density at radius 2 is 2.29 bits per heavy atom. The van der Waals surface area contributed by atoms with Crippen LogP contribution >= 0.6 is 23.1 Å². The lowest BCUT2D eigenvalue weighted by Crippen LogP contribution is -2.57. The monoisotopic (exact) mass is 268 g/mol. The maximum Gasteiger partial charge on any atom is 0.247 e. The summed E-state index contributed by atoms with van der Waals surface area (Å²) in [6, 6.07) is 3.74. The number of amides is 2. The van der Waals surface area contributed by atoms with Gasteiger partial charge in [-0.1, -0.05) is 6.07 Å². The van der Waals surface area contributed by atoms with Crippen LogP contribution < -0.4 is 0 Å². The van der Waals surface area contributed by atoms with E-state index in [1.165, 1.54) is 0 Å². The predicted molar refractivity (Wildman–Crippen MR) is 67.7 cm³/mol. The van der Waals surface area contributed by atoms with Gasteiger partial charge in [0.15, 0.2) is 0 Å². The fraction of sp³-hybridized carbons (Fsp3) is 0.455. The highest BCUT2D eigenvalue weighted by Gasteiger charge is 2.42. The first-order chi connectivity index (χ1) is 8.25. The maximum atomic E-state index is 12.2. The molecule has 1 aromatic rings. The summed E-state index contributed by atoms with van der Waals surface area (Å²) in [6.45, 7) is 0.797. The van der Waals surface area contributed by atoms with Gasteiger partial charge in [0, 0.05) is 10.6 Å². The van der Waals surface area contributed by atoms with Crippen LogP contribution in [-0.2, 0) is 16.1 Å². The van der Waals surface area contributed by atoms with Crippen molar-refractivity contribution >= 4 is 34.9 Å². The summed E-state index contributed by atoms with van der Waals surface area (Å²) in [5.41, 5.74) is 0. The van der Waals surface area contributed by atoms with Crippen LogP contribution in [0.4, 0.5) is 0 Å². The molecule has 0 aliphatic carbocycles. The van der Waals surface area contributed by atoms with Gasteiger partial charge >= 0.3 is 0 Å². The number of piperazine rings is 1. The first kappa shape index (κ1) is 11.1. The molecule has 1 unspecified atom stereocenters. The van der Waals surface area contributed by atoms with Gasteiger partial charge < -0.3 is 9.80 Å². The topological polar surface area (TPSA) is 40.6 Å². The van der Waals surface area contributed by atoms with E-state index in [4.69, 9.17) is 0 Å². The average Bonchev–Trinajstić information content (AvgIpc) is 2.96. The van der Waals surface area contributed by atoms with Crippen LogP contribution in [0.25, 0.3) is 0 Å². The van der Waals surface area contributed by atoms with Crippen molar-refractivity contribution in [3.63, 3.8) is 0 Å². The van der Waals surface area contributed by atoms with Crippen molar-refractivity contribution in [3.8, 4) is 0 Å². The van der Waals surface area contributed by atoms with Crippen LogP contribution in [-0.4, -0.2) is 45.8 Å². The molecule has 3 heterocycles. The van der Waals surface area contributed by atoms with Gasteiger partial charge in [0.1, 0.15) is 12.6 Å². The molecule has 1 aromatic heterocycles. The molecule has 0 bridgehead atoms.